The average molecular weight is 419 g/mol. The van der Waals surface area contributed by atoms with Crippen LogP contribution in [0.4, 0.5) is 5.69 Å². The van der Waals surface area contributed by atoms with Crippen molar-refractivity contribution < 1.29 is 13.2 Å². The van der Waals surface area contributed by atoms with Gasteiger partial charge >= 0.3 is 0 Å². The topological polar surface area (TPSA) is 66.5 Å². The molecule has 2 aromatic carbocycles. The molecule has 0 aromatic heterocycles. The van der Waals surface area contributed by atoms with Crippen LogP contribution in [0.15, 0.2) is 59.5 Å². The summed E-state index contributed by atoms with van der Waals surface area (Å²) in [6.45, 7) is 3.03. The van der Waals surface area contributed by atoms with Crippen LogP contribution in [-0.2, 0) is 20.6 Å². The van der Waals surface area contributed by atoms with Crippen LogP contribution < -0.4 is 5.32 Å². The van der Waals surface area contributed by atoms with Crippen LogP contribution in [0.2, 0.25) is 0 Å². The molecule has 1 amide bonds. The number of nitrogens with zero attached hydrogens (tertiary/aromatic N) is 1. The molecule has 2 aromatic rings. The first kappa shape index (κ1) is 20.9. The quantitative estimate of drug-likeness (QED) is 0.734. The lowest BCUT2D eigenvalue weighted by atomic mass is 10.2. The molecule has 0 aliphatic carbocycles. The molecule has 0 saturated carbocycles. The van der Waals surface area contributed by atoms with Gasteiger partial charge in [0.1, 0.15) is 0 Å². The van der Waals surface area contributed by atoms with Gasteiger partial charge in [-0.2, -0.15) is 4.31 Å². The SMILES string of the molecule is CC(SCc1ccccc1)C(=O)Nc1ccc(S(=O)(=O)N2CCCCC2)cc1. The maximum Gasteiger partial charge on any atom is 0.243 e. The van der Waals surface area contributed by atoms with Crippen molar-refractivity contribution in [2.45, 2.75) is 42.1 Å². The van der Waals surface area contributed by atoms with E-state index in [9.17, 15) is 13.2 Å². The van der Waals surface area contributed by atoms with Crippen molar-refractivity contribution in [2.24, 2.45) is 0 Å². The third-order valence-electron chi connectivity index (χ3n) is 4.79. The number of benzene rings is 2. The van der Waals surface area contributed by atoms with Crippen molar-refractivity contribution in [2.75, 3.05) is 18.4 Å². The molecule has 0 bridgehead atoms. The fraction of sp³-hybridized carbons (Fsp3) is 0.381. The molecule has 1 atom stereocenters. The summed E-state index contributed by atoms with van der Waals surface area (Å²) in [7, 11) is -3.45. The molecule has 1 fully saturated rings. The summed E-state index contributed by atoms with van der Waals surface area (Å²) in [4.78, 5) is 12.7. The minimum absolute atomic E-state index is 0.0902. The predicted molar refractivity (Wildman–Crippen MR) is 115 cm³/mol. The van der Waals surface area contributed by atoms with Gasteiger partial charge in [0.25, 0.3) is 0 Å². The minimum atomic E-state index is -3.45. The Morgan fingerprint density at radius 1 is 1.04 bits per heavy atom. The molecule has 1 N–H and O–H groups in total. The maximum atomic E-state index is 12.7. The van der Waals surface area contributed by atoms with Crippen LogP contribution in [0.25, 0.3) is 0 Å². The first-order chi connectivity index (χ1) is 13.5. The van der Waals surface area contributed by atoms with E-state index in [2.05, 4.69) is 5.32 Å². The van der Waals surface area contributed by atoms with Crippen molar-refractivity contribution in [1.29, 1.82) is 0 Å². The van der Waals surface area contributed by atoms with Crippen molar-refractivity contribution in [3.05, 3.63) is 60.2 Å². The number of rotatable bonds is 7. The minimum Gasteiger partial charge on any atom is -0.325 e. The van der Waals surface area contributed by atoms with Gasteiger partial charge in [-0.25, -0.2) is 8.42 Å². The molecule has 0 radical (unpaired) electrons. The molecule has 28 heavy (non-hydrogen) atoms. The first-order valence-electron chi connectivity index (χ1n) is 9.53. The number of hydrogen-bond donors (Lipinski definition) is 1. The summed E-state index contributed by atoms with van der Waals surface area (Å²) in [5.41, 5.74) is 1.79. The number of piperidine rings is 1. The van der Waals surface area contributed by atoms with Crippen LogP contribution in [0.1, 0.15) is 31.7 Å². The molecule has 1 aliphatic rings. The summed E-state index contributed by atoms with van der Waals surface area (Å²) >= 11 is 1.57. The zero-order valence-corrected chi connectivity index (χ0v) is 17.6. The van der Waals surface area contributed by atoms with Crippen LogP contribution >= 0.6 is 11.8 Å². The smallest absolute Gasteiger partial charge is 0.243 e. The zero-order valence-electron chi connectivity index (χ0n) is 16.0. The molecular weight excluding hydrogens is 392 g/mol. The maximum absolute atomic E-state index is 12.7. The van der Waals surface area contributed by atoms with E-state index in [1.165, 1.54) is 5.56 Å². The number of carbonyl (C=O) groups is 1. The normalized spacial score (nSPS) is 16.5. The Hall–Kier alpha value is -1.83. The highest BCUT2D eigenvalue weighted by atomic mass is 32.2. The number of sulfonamides is 1. The van der Waals surface area contributed by atoms with E-state index in [0.29, 0.717) is 18.8 Å². The summed E-state index contributed by atoms with van der Waals surface area (Å²) in [5.74, 6) is 0.676. The molecule has 1 aliphatic heterocycles. The number of carbonyl (C=O) groups excluding carboxylic acids is 1. The van der Waals surface area contributed by atoms with Gasteiger partial charge in [-0.1, -0.05) is 36.8 Å². The fourth-order valence-corrected chi connectivity index (χ4v) is 5.44. The Bertz CT molecular complexity index is 878. The Kier molecular flexibility index (Phi) is 7.15. The average Bonchev–Trinajstić information content (AvgIpc) is 2.73. The van der Waals surface area contributed by atoms with E-state index in [1.807, 2.05) is 37.3 Å². The van der Waals surface area contributed by atoms with Crippen LogP contribution in [0, 0.1) is 0 Å². The van der Waals surface area contributed by atoms with E-state index in [4.69, 9.17) is 0 Å². The molecular formula is C21H26N2O3S2. The van der Waals surface area contributed by atoms with Crippen LogP contribution in [0.5, 0.6) is 0 Å². The molecule has 3 rings (SSSR count). The third kappa shape index (κ3) is 5.37. The summed E-state index contributed by atoms with van der Waals surface area (Å²) in [6.07, 6.45) is 2.90. The number of anilines is 1. The monoisotopic (exact) mass is 418 g/mol. The number of nitrogens with one attached hydrogen (secondary N) is 1. The Morgan fingerprint density at radius 3 is 2.32 bits per heavy atom. The van der Waals surface area contributed by atoms with Crippen LogP contribution in [-0.4, -0.2) is 37.0 Å². The highest BCUT2D eigenvalue weighted by molar-refractivity contribution is 7.99. The Morgan fingerprint density at radius 2 is 1.68 bits per heavy atom. The molecule has 1 unspecified atom stereocenters. The standard InChI is InChI=1S/C21H26N2O3S2/c1-17(27-16-18-8-4-2-5-9-18)21(24)22-19-10-12-20(13-11-19)28(25,26)23-14-6-3-7-15-23/h2,4-5,8-13,17H,3,6-7,14-16H2,1H3,(H,22,24). The molecule has 1 heterocycles. The van der Waals surface area contributed by atoms with Gasteiger partial charge in [0, 0.05) is 24.5 Å². The zero-order chi connectivity index (χ0) is 20.0. The second-order valence-corrected chi connectivity index (χ2v) is 10.2. The van der Waals surface area contributed by atoms with E-state index in [1.54, 1.807) is 40.3 Å². The van der Waals surface area contributed by atoms with Crippen molar-refractivity contribution in [1.82, 2.24) is 4.31 Å². The third-order valence-corrected chi connectivity index (χ3v) is 7.91. The summed E-state index contributed by atoms with van der Waals surface area (Å²) < 4.78 is 26.9. The highest BCUT2D eigenvalue weighted by Gasteiger charge is 2.25. The van der Waals surface area contributed by atoms with Gasteiger partial charge in [0.15, 0.2) is 0 Å². The van der Waals surface area contributed by atoms with Gasteiger partial charge in [0.2, 0.25) is 15.9 Å². The van der Waals surface area contributed by atoms with Crippen molar-refractivity contribution in [3.63, 3.8) is 0 Å². The molecule has 0 spiro atoms. The van der Waals surface area contributed by atoms with Gasteiger partial charge in [-0.3, -0.25) is 4.79 Å². The molecule has 7 heteroatoms. The molecule has 5 nitrogen and oxygen atoms in total. The second kappa shape index (κ2) is 9.58. The predicted octanol–water partition coefficient (Wildman–Crippen LogP) is 4.12. The Labute approximate surface area is 171 Å². The van der Waals surface area contributed by atoms with E-state index >= 15 is 0 Å². The number of thioether (sulfide) groups is 1. The van der Waals surface area contributed by atoms with Crippen molar-refractivity contribution >= 4 is 33.4 Å². The van der Waals surface area contributed by atoms with Crippen LogP contribution in [0.3, 0.4) is 0 Å². The fourth-order valence-electron chi connectivity index (χ4n) is 3.08. The Balaban J connectivity index is 1.56. The van der Waals surface area contributed by atoms with E-state index < -0.39 is 10.0 Å². The number of amides is 1. The summed E-state index contributed by atoms with van der Waals surface area (Å²) in [5, 5.41) is 2.66. The highest BCUT2D eigenvalue weighted by Crippen LogP contribution is 2.23. The lowest BCUT2D eigenvalue weighted by Gasteiger charge is -2.25. The second-order valence-electron chi connectivity index (χ2n) is 6.92. The van der Waals surface area contributed by atoms with Gasteiger partial charge in [-0.05, 0) is 49.6 Å². The van der Waals surface area contributed by atoms with E-state index in [0.717, 1.165) is 25.0 Å². The van der Waals surface area contributed by atoms with Gasteiger partial charge < -0.3 is 5.32 Å². The number of hydrogen-bond acceptors (Lipinski definition) is 4. The lowest BCUT2D eigenvalue weighted by molar-refractivity contribution is -0.115. The van der Waals surface area contributed by atoms with E-state index in [-0.39, 0.29) is 16.1 Å². The van der Waals surface area contributed by atoms with Gasteiger partial charge in [0.05, 0.1) is 10.1 Å². The summed E-state index contributed by atoms with van der Waals surface area (Å²) in [6, 6.07) is 16.5. The van der Waals surface area contributed by atoms with Gasteiger partial charge in [-0.15, -0.1) is 11.8 Å². The lowest BCUT2D eigenvalue weighted by Crippen LogP contribution is -2.35. The molecule has 150 valence electrons. The molecule has 1 saturated heterocycles. The van der Waals surface area contributed by atoms with Crippen molar-refractivity contribution in [3.8, 4) is 0 Å². The first-order valence-corrected chi connectivity index (χ1v) is 12.0. The largest absolute Gasteiger partial charge is 0.325 e.